The lowest BCUT2D eigenvalue weighted by atomic mass is 10.3. The Morgan fingerprint density at radius 2 is 1.70 bits per heavy atom. The number of carbonyl (C=O) groups excluding carboxylic acids is 1. The number of furan rings is 1. The van der Waals surface area contributed by atoms with E-state index in [0.717, 1.165) is 4.31 Å². The smallest absolute Gasteiger partial charge is 0.310 e. The lowest BCUT2D eigenvalue weighted by Gasteiger charge is -2.24. The molecule has 0 N–H and O–H groups in total. The highest BCUT2D eigenvalue weighted by atomic mass is 32.2. The number of anilines is 1. The van der Waals surface area contributed by atoms with Gasteiger partial charge in [-0.25, -0.2) is 0 Å². The maximum absolute atomic E-state index is 12.4. The number of nitrogens with zero attached hydrogens (tertiary/aromatic N) is 2. The number of benzene rings is 1. The van der Waals surface area contributed by atoms with Crippen molar-refractivity contribution in [2.24, 2.45) is 0 Å². The first-order chi connectivity index (χ1) is 9.44. The molecule has 0 unspecified atom stereocenters. The van der Waals surface area contributed by atoms with Crippen LogP contribution in [0.1, 0.15) is 10.6 Å². The van der Waals surface area contributed by atoms with E-state index in [1.54, 1.807) is 30.3 Å². The van der Waals surface area contributed by atoms with Crippen LogP contribution < -0.4 is 4.31 Å². The molecule has 0 radical (unpaired) electrons. The Morgan fingerprint density at radius 3 is 2.20 bits per heavy atom. The maximum Gasteiger partial charge on any atom is 0.310 e. The van der Waals surface area contributed by atoms with Crippen molar-refractivity contribution in [2.75, 3.05) is 18.4 Å². The molecule has 0 bridgehead atoms. The molecule has 0 aliphatic heterocycles. The molecule has 0 saturated heterocycles. The summed E-state index contributed by atoms with van der Waals surface area (Å²) in [5.74, 6) is -0.783. The summed E-state index contributed by atoms with van der Waals surface area (Å²) in [4.78, 5) is 12.4. The monoisotopic (exact) mass is 294 g/mol. The zero-order valence-electron chi connectivity index (χ0n) is 11.1. The largest absolute Gasteiger partial charge is 0.459 e. The molecule has 106 valence electrons. The molecule has 7 heteroatoms. The maximum atomic E-state index is 12.4. The van der Waals surface area contributed by atoms with E-state index in [4.69, 9.17) is 4.42 Å². The van der Waals surface area contributed by atoms with Crippen molar-refractivity contribution >= 4 is 21.8 Å². The van der Waals surface area contributed by atoms with E-state index in [2.05, 4.69) is 0 Å². The molecule has 20 heavy (non-hydrogen) atoms. The van der Waals surface area contributed by atoms with Gasteiger partial charge in [-0.3, -0.25) is 4.79 Å². The first kappa shape index (κ1) is 14.3. The number of rotatable bonds is 4. The van der Waals surface area contributed by atoms with Crippen LogP contribution in [0.3, 0.4) is 0 Å². The second kappa shape index (κ2) is 5.48. The van der Waals surface area contributed by atoms with Crippen LogP contribution in [-0.4, -0.2) is 32.7 Å². The average Bonchev–Trinajstić information content (AvgIpc) is 2.93. The molecule has 0 fully saturated rings. The molecule has 0 saturated carbocycles. The van der Waals surface area contributed by atoms with Gasteiger partial charge in [0.2, 0.25) is 0 Å². The van der Waals surface area contributed by atoms with E-state index < -0.39 is 16.1 Å². The Labute approximate surface area is 117 Å². The van der Waals surface area contributed by atoms with Crippen molar-refractivity contribution < 1.29 is 17.6 Å². The van der Waals surface area contributed by atoms with Crippen LogP contribution in [-0.2, 0) is 10.2 Å². The highest BCUT2D eigenvalue weighted by Gasteiger charge is 2.33. The molecule has 1 amide bonds. The van der Waals surface area contributed by atoms with E-state index in [9.17, 15) is 13.2 Å². The lowest BCUT2D eigenvalue weighted by Crippen LogP contribution is -2.44. The minimum Gasteiger partial charge on any atom is -0.459 e. The van der Waals surface area contributed by atoms with E-state index >= 15 is 0 Å². The molecule has 0 spiro atoms. The standard InChI is InChI=1S/C13H14N2O4S/c1-14(2)20(17,18)15(11-7-4-3-5-8-11)13(16)12-9-6-10-19-12/h3-10H,1-2H3. The van der Waals surface area contributed by atoms with Gasteiger partial charge in [-0.05, 0) is 24.3 Å². The average molecular weight is 294 g/mol. The molecule has 2 rings (SSSR count). The Bertz CT molecular complexity index is 678. The third kappa shape index (κ3) is 2.59. The lowest BCUT2D eigenvalue weighted by molar-refractivity contribution is 0.0978. The predicted octanol–water partition coefficient (Wildman–Crippen LogP) is 1.73. The Morgan fingerprint density at radius 1 is 1.05 bits per heavy atom. The highest BCUT2D eigenvalue weighted by Crippen LogP contribution is 2.22. The van der Waals surface area contributed by atoms with Crippen molar-refractivity contribution in [3.63, 3.8) is 0 Å². The summed E-state index contributed by atoms with van der Waals surface area (Å²) >= 11 is 0. The molecule has 2 aromatic rings. The van der Waals surface area contributed by atoms with Crippen LogP contribution in [0.5, 0.6) is 0 Å². The van der Waals surface area contributed by atoms with Gasteiger partial charge >= 0.3 is 16.1 Å². The van der Waals surface area contributed by atoms with E-state index in [1.165, 1.54) is 32.5 Å². The minimum absolute atomic E-state index is 0.0423. The van der Waals surface area contributed by atoms with Crippen molar-refractivity contribution in [3.8, 4) is 0 Å². The Hall–Kier alpha value is -2.12. The van der Waals surface area contributed by atoms with Gasteiger partial charge in [0.1, 0.15) is 0 Å². The summed E-state index contributed by atoms with van der Waals surface area (Å²) in [7, 11) is -1.24. The fourth-order valence-electron chi connectivity index (χ4n) is 1.58. The summed E-state index contributed by atoms with van der Waals surface area (Å²) < 4.78 is 31.4. The molecule has 1 aromatic heterocycles. The first-order valence-corrected chi connectivity index (χ1v) is 7.20. The van der Waals surface area contributed by atoms with Crippen molar-refractivity contribution in [2.45, 2.75) is 0 Å². The number of para-hydroxylation sites is 1. The van der Waals surface area contributed by atoms with E-state index in [0.29, 0.717) is 4.31 Å². The zero-order chi connectivity index (χ0) is 14.8. The van der Waals surface area contributed by atoms with E-state index in [-0.39, 0.29) is 11.4 Å². The van der Waals surface area contributed by atoms with Crippen LogP contribution in [0.4, 0.5) is 5.69 Å². The summed E-state index contributed by atoms with van der Waals surface area (Å²) in [6.45, 7) is 0. The molecular formula is C13H14N2O4S. The van der Waals surface area contributed by atoms with Crippen LogP contribution in [0.25, 0.3) is 0 Å². The van der Waals surface area contributed by atoms with Gasteiger partial charge in [-0.15, -0.1) is 0 Å². The third-order valence-corrected chi connectivity index (χ3v) is 4.36. The molecule has 1 aromatic carbocycles. The van der Waals surface area contributed by atoms with Crippen LogP contribution >= 0.6 is 0 Å². The number of carbonyl (C=O) groups is 1. The molecule has 6 nitrogen and oxygen atoms in total. The quantitative estimate of drug-likeness (QED) is 0.861. The van der Waals surface area contributed by atoms with Crippen LogP contribution in [0, 0.1) is 0 Å². The van der Waals surface area contributed by atoms with Crippen molar-refractivity contribution in [1.29, 1.82) is 0 Å². The summed E-state index contributed by atoms with van der Waals surface area (Å²) in [5.41, 5.74) is 0.252. The summed E-state index contributed by atoms with van der Waals surface area (Å²) in [6, 6.07) is 11.1. The predicted molar refractivity (Wildman–Crippen MR) is 74.6 cm³/mol. The van der Waals surface area contributed by atoms with Gasteiger partial charge in [-0.2, -0.15) is 17.0 Å². The van der Waals surface area contributed by atoms with E-state index in [1.807, 2.05) is 0 Å². The highest BCUT2D eigenvalue weighted by molar-refractivity contribution is 7.91. The fourth-order valence-corrected chi connectivity index (χ4v) is 2.60. The summed E-state index contributed by atoms with van der Waals surface area (Å²) in [6.07, 6.45) is 1.32. The Kier molecular flexibility index (Phi) is 3.91. The number of amides is 1. The van der Waals surface area contributed by atoms with Gasteiger partial charge in [0.25, 0.3) is 0 Å². The summed E-state index contributed by atoms with van der Waals surface area (Å²) in [5, 5.41) is 0. The van der Waals surface area contributed by atoms with Gasteiger partial charge in [-0.1, -0.05) is 18.2 Å². The minimum atomic E-state index is -3.96. The van der Waals surface area contributed by atoms with Gasteiger partial charge in [0.15, 0.2) is 5.76 Å². The fraction of sp³-hybridized carbons (Fsp3) is 0.154. The normalized spacial score (nSPS) is 11.6. The second-order valence-corrected chi connectivity index (χ2v) is 6.16. The van der Waals surface area contributed by atoms with Crippen LogP contribution in [0.2, 0.25) is 0 Å². The number of hydrogen-bond donors (Lipinski definition) is 0. The van der Waals surface area contributed by atoms with Gasteiger partial charge in [0.05, 0.1) is 12.0 Å². The molecular weight excluding hydrogens is 280 g/mol. The Balaban J connectivity index is 2.54. The molecule has 0 aliphatic rings. The first-order valence-electron chi connectivity index (χ1n) is 5.80. The molecule has 1 heterocycles. The van der Waals surface area contributed by atoms with Crippen molar-refractivity contribution in [1.82, 2.24) is 4.31 Å². The third-order valence-electron chi connectivity index (χ3n) is 2.60. The number of hydrogen-bond acceptors (Lipinski definition) is 4. The topological polar surface area (TPSA) is 70.8 Å². The van der Waals surface area contributed by atoms with Gasteiger partial charge < -0.3 is 4.42 Å². The SMILES string of the molecule is CN(C)S(=O)(=O)N(C(=O)c1ccco1)c1ccccc1. The van der Waals surface area contributed by atoms with Crippen molar-refractivity contribution in [3.05, 3.63) is 54.5 Å². The second-order valence-electron chi connectivity index (χ2n) is 4.17. The molecule has 0 atom stereocenters. The zero-order valence-corrected chi connectivity index (χ0v) is 11.9. The van der Waals surface area contributed by atoms with Crippen LogP contribution in [0.15, 0.2) is 53.1 Å². The van der Waals surface area contributed by atoms with Gasteiger partial charge in [0, 0.05) is 14.1 Å². The molecule has 0 aliphatic carbocycles.